The zero-order valence-corrected chi connectivity index (χ0v) is 14.1. The van der Waals surface area contributed by atoms with E-state index in [1.165, 1.54) is 12.1 Å². The highest BCUT2D eigenvalue weighted by Crippen LogP contribution is 2.26. The molecule has 0 aliphatic carbocycles. The molecule has 1 aromatic carbocycles. The van der Waals surface area contributed by atoms with Gasteiger partial charge < -0.3 is 5.73 Å². The van der Waals surface area contributed by atoms with E-state index in [2.05, 4.69) is 34.5 Å². The smallest absolute Gasteiger partial charge is 0.240 e. The molecule has 4 nitrogen and oxygen atoms in total. The Morgan fingerprint density at radius 2 is 1.95 bits per heavy atom. The highest BCUT2D eigenvalue weighted by Gasteiger charge is 2.25. The molecule has 0 saturated carbocycles. The third-order valence-corrected chi connectivity index (χ3v) is 5.68. The van der Waals surface area contributed by atoms with Crippen molar-refractivity contribution >= 4 is 31.6 Å². The average Bonchev–Trinajstić information content (AvgIpc) is 2.30. The van der Waals surface area contributed by atoms with Crippen LogP contribution in [0, 0.1) is 11.3 Å². The Labute approximate surface area is 124 Å². The number of hydrogen-bond donors (Lipinski definition) is 2. The van der Waals surface area contributed by atoms with Crippen LogP contribution in [-0.2, 0) is 10.0 Å². The van der Waals surface area contributed by atoms with E-state index in [9.17, 15) is 8.42 Å². The van der Waals surface area contributed by atoms with Crippen LogP contribution in [0.25, 0.3) is 0 Å². The minimum Gasteiger partial charge on any atom is -0.398 e. The van der Waals surface area contributed by atoms with Gasteiger partial charge in [-0.2, -0.15) is 0 Å². The highest BCUT2D eigenvalue weighted by atomic mass is 79.9. The second-order valence-corrected chi connectivity index (χ2v) is 8.27. The second kappa shape index (κ2) is 5.81. The Bertz CT molecular complexity index is 554. The lowest BCUT2D eigenvalue weighted by atomic mass is 9.81. The van der Waals surface area contributed by atoms with Gasteiger partial charge in [0.25, 0.3) is 0 Å². The van der Waals surface area contributed by atoms with Crippen LogP contribution in [-0.4, -0.2) is 15.0 Å². The van der Waals surface area contributed by atoms with Crippen molar-refractivity contribution in [2.24, 2.45) is 11.3 Å². The number of rotatable bonds is 5. The Morgan fingerprint density at radius 1 is 1.37 bits per heavy atom. The van der Waals surface area contributed by atoms with Crippen molar-refractivity contribution in [3.8, 4) is 0 Å². The number of nitrogen functional groups attached to an aromatic ring is 1. The van der Waals surface area contributed by atoms with E-state index in [-0.39, 0.29) is 10.3 Å². The molecule has 0 radical (unpaired) electrons. The molecule has 3 N–H and O–H groups in total. The van der Waals surface area contributed by atoms with Crippen molar-refractivity contribution in [3.63, 3.8) is 0 Å². The van der Waals surface area contributed by atoms with Crippen molar-refractivity contribution in [2.75, 3.05) is 12.3 Å². The topological polar surface area (TPSA) is 72.2 Å². The molecule has 0 aliphatic heterocycles. The maximum absolute atomic E-state index is 12.2. The van der Waals surface area contributed by atoms with Crippen molar-refractivity contribution in [2.45, 2.75) is 32.6 Å². The van der Waals surface area contributed by atoms with Crippen molar-refractivity contribution in [1.29, 1.82) is 0 Å². The van der Waals surface area contributed by atoms with Crippen LogP contribution in [0.1, 0.15) is 27.7 Å². The lowest BCUT2D eigenvalue weighted by molar-refractivity contribution is 0.252. The molecule has 0 unspecified atom stereocenters. The van der Waals surface area contributed by atoms with Gasteiger partial charge in [0.2, 0.25) is 10.0 Å². The molecule has 0 fully saturated rings. The van der Waals surface area contributed by atoms with E-state index in [1.54, 1.807) is 6.07 Å². The summed E-state index contributed by atoms with van der Waals surface area (Å²) in [4.78, 5) is 0.188. The summed E-state index contributed by atoms with van der Waals surface area (Å²) in [7, 11) is -3.52. The number of benzene rings is 1. The molecule has 1 rings (SSSR count). The fourth-order valence-electron chi connectivity index (χ4n) is 1.26. The van der Waals surface area contributed by atoms with Crippen molar-refractivity contribution < 1.29 is 8.42 Å². The summed E-state index contributed by atoms with van der Waals surface area (Å²) in [5, 5.41) is 0. The van der Waals surface area contributed by atoms with Gasteiger partial charge in [0.15, 0.2) is 0 Å². The number of hydrogen-bond acceptors (Lipinski definition) is 3. The molecular weight excluding hydrogens is 328 g/mol. The summed E-state index contributed by atoms with van der Waals surface area (Å²) >= 11 is 3.25. The lowest BCUT2D eigenvalue weighted by Gasteiger charge is -2.29. The average molecular weight is 349 g/mol. The van der Waals surface area contributed by atoms with Gasteiger partial charge >= 0.3 is 0 Å². The van der Waals surface area contributed by atoms with E-state index < -0.39 is 10.0 Å². The van der Waals surface area contributed by atoms with Gasteiger partial charge in [-0.05, 0) is 45.5 Å². The van der Waals surface area contributed by atoms with E-state index in [4.69, 9.17) is 5.73 Å². The second-order valence-electron chi connectivity index (χ2n) is 5.65. The Balaban J connectivity index is 2.90. The minimum absolute atomic E-state index is 0.103. The minimum atomic E-state index is -3.52. The maximum atomic E-state index is 12.2. The summed E-state index contributed by atoms with van der Waals surface area (Å²) in [6.07, 6.45) is 0. The zero-order chi connectivity index (χ0) is 14.8. The van der Waals surface area contributed by atoms with Crippen molar-refractivity contribution in [3.05, 3.63) is 22.7 Å². The summed E-state index contributed by atoms with van der Waals surface area (Å²) in [5.74, 6) is 0.380. The summed E-state index contributed by atoms with van der Waals surface area (Å²) in [6, 6.07) is 4.62. The molecule has 0 spiro atoms. The number of anilines is 1. The predicted molar refractivity (Wildman–Crippen MR) is 82.4 cm³/mol. The Kier molecular flexibility index (Phi) is 5.03. The molecule has 108 valence electrons. The molecule has 0 amide bonds. The third-order valence-electron chi connectivity index (χ3n) is 3.56. The first-order valence-corrected chi connectivity index (χ1v) is 8.38. The summed E-state index contributed by atoms with van der Waals surface area (Å²) in [5.41, 5.74) is 6.01. The molecule has 6 heteroatoms. The van der Waals surface area contributed by atoms with E-state index in [0.717, 1.165) is 0 Å². The molecule has 0 aliphatic rings. The van der Waals surface area contributed by atoms with Gasteiger partial charge in [-0.1, -0.05) is 27.7 Å². The largest absolute Gasteiger partial charge is 0.398 e. The van der Waals surface area contributed by atoms with Gasteiger partial charge in [0, 0.05) is 16.7 Å². The SMILES string of the molecule is CC(C)C(C)(C)CNS(=O)(=O)c1ccc(Br)c(N)c1. The number of sulfonamides is 1. The van der Waals surface area contributed by atoms with Crippen LogP contribution in [0.5, 0.6) is 0 Å². The normalized spacial score (nSPS) is 12.9. The van der Waals surface area contributed by atoms with E-state index in [0.29, 0.717) is 22.6 Å². The fraction of sp³-hybridized carbons (Fsp3) is 0.538. The van der Waals surface area contributed by atoms with Gasteiger partial charge in [-0.3, -0.25) is 0 Å². The molecule has 0 heterocycles. The van der Waals surface area contributed by atoms with Crippen LogP contribution in [0.15, 0.2) is 27.6 Å². The first-order chi connectivity index (χ1) is 8.56. The number of nitrogens with two attached hydrogens (primary N) is 1. The van der Waals surface area contributed by atoms with Gasteiger partial charge in [-0.25, -0.2) is 13.1 Å². The Hall–Kier alpha value is -0.590. The molecule has 1 aromatic rings. The first-order valence-electron chi connectivity index (χ1n) is 6.11. The Morgan fingerprint density at radius 3 is 2.42 bits per heavy atom. The molecule has 0 aromatic heterocycles. The number of nitrogens with one attached hydrogen (secondary N) is 1. The standard InChI is InChI=1S/C13H21BrN2O2S/c1-9(2)13(3,4)8-16-19(17,18)10-5-6-11(14)12(15)7-10/h5-7,9,16H,8,15H2,1-4H3. The summed E-state index contributed by atoms with van der Waals surface area (Å²) in [6.45, 7) is 8.62. The fourth-order valence-corrected chi connectivity index (χ4v) is 2.76. The van der Waals surface area contributed by atoms with Crippen LogP contribution in [0.3, 0.4) is 0 Å². The predicted octanol–water partition coefficient (Wildman–Crippen LogP) is 2.99. The molecule has 0 saturated heterocycles. The summed E-state index contributed by atoms with van der Waals surface area (Å²) < 4.78 is 27.7. The van der Waals surface area contributed by atoms with Crippen LogP contribution in [0.4, 0.5) is 5.69 Å². The van der Waals surface area contributed by atoms with Crippen LogP contribution in [0.2, 0.25) is 0 Å². The highest BCUT2D eigenvalue weighted by molar-refractivity contribution is 9.10. The quantitative estimate of drug-likeness (QED) is 0.803. The first kappa shape index (κ1) is 16.5. The monoisotopic (exact) mass is 348 g/mol. The van der Waals surface area contributed by atoms with Gasteiger partial charge in [-0.15, -0.1) is 0 Å². The van der Waals surface area contributed by atoms with E-state index >= 15 is 0 Å². The van der Waals surface area contributed by atoms with Gasteiger partial charge in [0.1, 0.15) is 0 Å². The third kappa shape index (κ3) is 4.19. The molecular formula is C13H21BrN2O2S. The van der Waals surface area contributed by atoms with Gasteiger partial charge in [0.05, 0.1) is 4.90 Å². The lowest BCUT2D eigenvalue weighted by Crippen LogP contribution is -2.36. The number of halogens is 1. The zero-order valence-electron chi connectivity index (χ0n) is 11.7. The van der Waals surface area contributed by atoms with Crippen LogP contribution >= 0.6 is 15.9 Å². The molecule has 0 atom stereocenters. The molecule has 19 heavy (non-hydrogen) atoms. The van der Waals surface area contributed by atoms with Crippen LogP contribution < -0.4 is 10.5 Å². The maximum Gasteiger partial charge on any atom is 0.240 e. The molecule has 0 bridgehead atoms. The van der Waals surface area contributed by atoms with Crippen molar-refractivity contribution in [1.82, 2.24) is 4.72 Å². The van der Waals surface area contributed by atoms with E-state index in [1.807, 2.05) is 13.8 Å².